The van der Waals surface area contributed by atoms with Crippen molar-refractivity contribution in [2.24, 2.45) is 5.73 Å². The van der Waals surface area contributed by atoms with Gasteiger partial charge in [0.15, 0.2) is 0 Å². The molecule has 2 aliphatic rings. The normalized spacial score (nSPS) is 16.7. The quantitative estimate of drug-likeness (QED) is 0.430. The largest absolute Gasteiger partial charge is 0.488 e. The number of nitrogens with two attached hydrogens (primary N) is 1. The van der Waals surface area contributed by atoms with Crippen molar-refractivity contribution < 1.29 is 32.6 Å². The molecule has 5 rings (SSSR count). The third kappa shape index (κ3) is 4.43. The lowest BCUT2D eigenvalue weighted by molar-refractivity contribution is 0.0640. The number of primary amides is 1. The number of carbonyl (C=O) groups excluding carboxylic acids is 2. The first-order chi connectivity index (χ1) is 16.5. The molecule has 1 aliphatic carbocycles. The lowest BCUT2D eigenvalue weighted by Crippen LogP contribution is -2.36. The van der Waals surface area contributed by atoms with Crippen molar-refractivity contribution in [1.82, 2.24) is 0 Å². The molecule has 0 atom stereocenters. The van der Waals surface area contributed by atoms with Crippen LogP contribution in [-0.4, -0.2) is 44.5 Å². The monoisotopic (exact) mass is 468 g/mol. The van der Waals surface area contributed by atoms with Gasteiger partial charge in [0.25, 0.3) is 0 Å². The van der Waals surface area contributed by atoms with E-state index in [1.807, 2.05) is 6.07 Å². The van der Waals surface area contributed by atoms with Crippen LogP contribution in [0.2, 0.25) is 0 Å². The van der Waals surface area contributed by atoms with Crippen LogP contribution in [0.1, 0.15) is 36.0 Å². The van der Waals surface area contributed by atoms with Gasteiger partial charge in [0.05, 0.1) is 25.0 Å². The van der Waals surface area contributed by atoms with Gasteiger partial charge in [-0.15, -0.1) is 0 Å². The van der Waals surface area contributed by atoms with Crippen LogP contribution < -0.4 is 15.4 Å². The Balaban J connectivity index is 1.68. The zero-order chi connectivity index (χ0) is 23.7. The van der Waals surface area contributed by atoms with Crippen LogP contribution in [0.4, 0.5) is 14.9 Å². The molecule has 3 aromatic rings. The highest BCUT2D eigenvalue weighted by Crippen LogP contribution is 2.42. The molecule has 8 nitrogen and oxygen atoms in total. The predicted molar refractivity (Wildman–Crippen MR) is 123 cm³/mol. The average Bonchev–Trinajstić information content (AvgIpc) is 3.47. The van der Waals surface area contributed by atoms with Crippen molar-refractivity contribution >= 4 is 28.7 Å². The fraction of sp³-hybridized carbons (Fsp3) is 0.360. The molecule has 1 aromatic heterocycles. The van der Waals surface area contributed by atoms with Gasteiger partial charge in [0.1, 0.15) is 28.5 Å². The molecule has 1 aliphatic heterocycles. The average molecular weight is 468 g/mol. The first-order valence-electron chi connectivity index (χ1n) is 11.4. The second-order valence-electron chi connectivity index (χ2n) is 8.46. The Kier molecular flexibility index (Phi) is 6.10. The summed E-state index contributed by atoms with van der Waals surface area (Å²) in [4.78, 5) is 26.4. The second kappa shape index (κ2) is 9.34. The van der Waals surface area contributed by atoms with Crippen molar-refractivity contribution in [2.75, 3.05) is 31.2 Å². The minimum Gasteiger partial charge on any atom is -0.488 e. The van der Waals surface area contributed by atoms with Gasteiger partial charge in [-0.2, -0.15) is 0 Å². The number of fused-ring (bicyclic) bond motifs is 1. The molecule has 2 aromatic carbocycles. The maximum atomic E-state index is 13.5. The Hall–Kier alpha value is -3.59. The molecule has 0 spiro atoms. The van der Waals surface area contributed by atoms with Gasteiger partial charge in [-0.25, -0.2) is 14.0 Å². The molecule has 1 saturated carbocycles. The summed E-state index contributed by atoms with van der Waals surface area (Å²) in [5.74, 6) is -0.590. The van der Waals surface area contributed by atoms with Crippen LogP contribution in [0.25, 0.3) is 22.3 Å². The number of hydrogen-bond donors (Lipinski definition) is 1. The van der Waals surface area contributed by atoms with Crippen LogP contribution >= 0.6 is 0 Å². The summed E-state index contributed by atoms with van der Waals surface area (Å²) in [6.07, 6.45) is 3.00. The molecule has 2 fully saturated rings. The number of carbonyl (C=O) groups is 2. The minimum atomic E-state index is -1.23. The van der Waals surface area contributed by atoms with Crippen molar-refractivity contribution in [3.63, 3.8) is 0 Å². The Morgan fingerprint density at radius 3 is 2.44 bits per heavy atom. The van der Waals surface area contributed by atoms with E-state index in [1.165, 1.54) is 24.3 Å². The second-order valence-corrected chi connectivity index (χ2v) is 8.46. The first-order valence-corrected chi connectivity index (χ1v) is 11.4. The molecule has 0 unspecified atom stereocenters. The number of rotatable bonds is 5. The molecule has 2 N–H and O–H groups in total. The molecule has 2 heterocycles. The van der Waals surface area contributed by atoms with Gasteiger partial charge in [0.2, 0.25) is 0 Å². The Morgan fingerprint density at radius 1 is 1.06 bits per heavy atom. The van der Waals surface area contributed by atoms with Crippen LogP contribution in [0.15, 0.2) is 40.8 Å². The third-order valence-corrected chi connectivity index (χ3v) is 6.22. The predicted octanol–water partition coefficient (Wildman–Crippen LogP) is 4.63. The fourth-order valence-corrected chi connectivity index (χ4v) is 4.59. The van der Waals surface area contributed by atoms with Gasteiger partial charge in [-0.3, -0.25) is 0 Å². The van der Waals surface area contributed by atoms with Gasteiger partial charge in [0, 0.05) is 30.1 Å². The van der Waals surface area contributed by atoms with Gasteiger partial charge in [-0.05, 0) is 56.0 Å². The summed E-state index contributed by atoms with van der Waals surface area (Å²) < 4.78 is 36.2. The number of esters is 1. The molecule has 178 valence electrons. The molecule has 0 radical (unpaired) electrons. The molecular formula is C25H25FN2O6. The summed E-state index contributed by atoms with van der Waals surface area (Å²) >= 11 is 0. The SMILES string of the molecule is NC(=O)OC(=O)c1c(-c2ccc(F)cc2)oc2cc(N3CCOCC3)c(OC3CCCC3)cc12. The lowest BCUT2D eigenvalue weighted by atomic mass is 10.0. The van der Waals surface area contributed by atoms with Crippen LogP contribution in [0.5, 0.6) is 5.75 Å². The summed E-state index contributed by atoms with van der Waals surface area (Å²) in [6.45, 7) is 2.56. The van der Waals surface area contributed by atoms with E-state index >= 15 is 0 Å². The zero-order valence-corrected chi connectivity index (χ0v) is 18.6. The maximum absolute atomic E-state index is 13.5. The number of amides is 1. The highest BCUT2D eigenvalue weighted by molar-refractivity contribution is 6.12. The first kappa shape index (κ1) is 22.2. The van der Waals surface area contributed by atoms with E-state index in [0.717, 1.165) is 31.4 Å². The maximum Gasteiger partial charge on any atom is 0.412 e. The minimum absolute atomic E-state index is 0.0326. The Morgan fingerprint density at radius 2 is 1.76 bits per heavy atom. The summed E-state index contributed by atoms with van der Waals surface area (Å²) in [6, 6.07) is 9.10. The highest BCUT2D eigenvalue weighted by Gasteiger charge is 2.29. The van der Waals surface area contributed by atoms with E-state index in [2.05, 4.69) is 4.90 Å². The smallest absolute Gasteiger partial charge is 0.412 e. The Labute approximate surface area is 195 Å². The van der Waals surface area contributed by atoms with Gasteiger partial charge in [-0.1, -0.05) is 0 Å². The number of furan rings is 1. The number of morpholine rings is 1. The summed E-state index contributed by atoms with van der Waals surface area (Å²) in [5.41, 5.74) is 6.86. The highest BCUT2D eigenvalue weighted by atomic mass is 19.1. The molecule has 1 amide bonds. The van der Waals surface area contributed by atoms with E-state index < -0.39 is 17.9 Å². The molecule has 1 saturated heterocycles. The van der Waals surface area contributed by atoms with E-state index in [4.69, 9.17) is 24.4 Å². The number of hydrogen-bond acceptors (Lipinski definition) is 7. The topological polar surface area (TPSA) is 104 Å². The van der Waals surface area contributed by atoms with E-state index in [1.54, 1.807) is 6.07 Å². The van der Waals surface area contributed by atoms with Crippen LogP contribution in [0, 0.1) is 5.82 Å². The standard InChI is InChI=1S/C25H25FN2O6/c26-16-7-5-15(6-8-16)23-22(24(29)34-25(27)30)18-13-21(32-17-3-1-2-4-17)19(14-20(18)33-23)28-9-11-31-12-10-28/h5-8,13-14,17H,1-4,9-12H2,(H2,27,30). The van der Waals surface area contributed by atoms with Crippen molar-refractivity contribution in [3.05, 3.63) is 47.8 Å². The Bertz CT molecular complexity index is 1210. The van der Waals surface area contributed by atoms with E-state index in [0.29, 0.717) is 48.6 Å². The molecule has 34 heavy (non-hydrogen) atoms. The number of anilines is 1. The van der Waals surface area contributed by atoms with Crippen LogP contribution in [-0.2, 0) is 9.47 Å². The number of benzene rings is 2. The third-order valence-electron chi connectivity index (χ3n) is 6.22. The number of ether oxygens (including phenoxy) is 3. The van der Waals surface area contributed by atoms with Gasteiger partial charge >= 0.3 is 12.1 Å². The van der Waals surface area contributed by atoms with E-state index in [-0.39, 0.29) is 17.4 Å². The number of halogens is 1. The van der Waals surface area contributed by atoms with Gasteiger partial charge < -0.3 is 29.3 Å². The van der Waals surface area contributed by atoms with Crippen molar-refractivity contribution in [1.29, 1.82) is 0 Å². The zero-order valence-electron chi connectivity index (χ0n) is 18.6. The number of nitrogens with zero attached hydrogens (tertiary/aromatic N) is 1. The molecular weight excluding hydrogens is 443 g/mol. The molecule has 0 bridgehead atoms. The van der Waals surface area contributed by atoms with Crippen LogP contribution in [0.3, 0.4) is 0 Å². The van der Waals surface area contributed by atoms with Crippen molar-refractivity contribution in [2.45, 2.75) is 31.8 Å². The lowest BCUT2D eigenvalue weighted by Gasteiger charge is -2.31. The van der Waals surface area contributed by atoms with E-state index in [9.17, 15) is 14.0 Å². The summed E-state index contributed by atoms with van der Waals surface area (Å²) in [5, 5.41) is 0.426. The summed E-state index contributed by atoms with van der Waals surface area (Å²) in [7, 11) is 0. The van der Waals surface area contributed by atoms with Crippen molar-refractivity contribution in [3.8, 4) is 17.1 Å². The fourth-order valence-electron chi connectivity index (χ4n) is 4.59. The molecule has 9 heteroatoms.